The topological polar surface area (TPSA) is 98.0 Å². The molecule has 0 aliphatic heterocycles. The van der Waals surface area contributed by atoms with Crippen molar-refractivity contribution in [3.8, 4) is 11.8 Å². The molecule has 6 nitrogen and oxygen atoms in total. The number of rotatable bonds is 3. The van der Waals surface area contributed by atoms with E-state index in [1.165, 1.54) is 6.07 Å². The molecule has 0 amide bonds. The number of aromatic nitrogens is 2. The van der Waals surface area contributed by atoms with Crippen LogP contribution in [0.15, 0.2) is 29.2 Å². The molecule has 0 saturated heterocycles. The average molecular weight is 308 g/mol. The van der Waals surface area contributed by atoms with Gasteiger partial charge in [0.2, 0.25) is 5.13 Å². The van der Waals surface area contributed by atoms with Crippen molar-refractivity contribution < 1.29 is 8.42 Å². The fourth-order valence-electron chi connectivity index (χ4n) is 1.46. The van der Waals surface area contributed by atoms with Crippen LogP contribution in [0.2, 0.25) is 0 Å². The highest BCUT2D eigenvalue weighted by molar-refractivity contribution is 7.93. The fraction of sp³-hybridized carbons (Fsp3) is 0.167. The summed E-state index contributed by atoms with van der Waals surface area (Å²) in [7, 11) is -3.75. The van der Waals surface area contributed by atoms with Gasteiger partial charge in [0.15, 0.2) is 0 Å². The fourth-order valence-corrected chi connectivity index (χ4v) is 3.44. The molecule has 20 heavy (non-hydrogen) atoms. The smallest absolute Gasteiger partial charge is 0.264 e. The summed E-state index contributed by atoms with van der Waals surface area (Å²) >= 11 is 1.16. The molecule has 2 aromatic rings. The summed E-state index contributed by atoms with van der Waals surface area (Å²) in [5.74, 6) is 5.39. The molecule has 0 fully saturated rings. The summed E-state index contributed by atoms with van der Waals surface area (Å²) in [6, 6.07) is 6.46. The van der Waals surface area contributed by atoms with Gasteiger partial charge in [0.1, 0.15) is 9.90 Å². The molecule has 0 saturated carbocycles. The van der Waals surface area contributed by atoms with Crippen LogP contribution in [0.1, 0.15) is 10.6 Å². The van der Waals surface area contributed by atoms with E-state index in [2.05, 4.69) is 26.8 Å². The van der Waals surface area contributed by atoms with Gasteiger partial charge in [-0.3, -0.25) is 4.72 Å². The van der Waals surface area contributed by atoms with Crippen molar-refractivity contribution in [2.45, 2.75) is 11.8 Å². The van der Waals surface area contributed by atoms with Gasteiger partial charge in [-0.2, -0.15) is 0 Å². The van der Waals surface area contributed by atoms with E-state index < -0.39 is 10.0 Å². The summed E-state index contributed by atoms with van der Waals surface area (Å²) in [6.07, 6.45) is 0. The van der Waals surface area contributed by atoms with Crippen LogP contribution in [0.3, 0.4) is 0 Å². The Morgan fingerprint density at radius 1 is 1.35 bits per heavy atom. The number of sulfonamides is 1. The van der Waals surface area contributed by atoms with Crippen LogP contribution >= 0.6 is 11.3 Å². The molecule has 1 heterocycles. The number of nitrogens with one attached hydrogen (secondary N) is 1. The second-order valence-electron chi connectivity index (χ2n) is 3.73. The number of nitrogens with two attached hydrogens (primary N) is 1. The quantitative estimate of drug-likeness (QED) is 0.823. The number of aryl methyl sites for hydroxylation is 1. The van der Waals surface area contributed by atoms with Crippen LogP contribution in [0.25, 0.3) is 0 Å². The number of hydrogen-bond acceptors (Lipinski definition) is 6. The molecule has 1 aromatic carbocycles. The monoisotopic (exact) mass is 308 g/mol. The third-order valence-corrected chi connectivity index (χ3v) is 4.53. The predicted molar refractivity (Wildman–Crippen MR) is 77.8 cm³/mol. The van der Waals surface area contributed by atoms with Crippen LogP contribution < -0.4 is 10.5 Å². The van der Waals surface area contributed by atoms with E-state index in [1.807, 2.05) is 0 Å². The maximum atomic E-state index is 12.3. The molecule has 0 aliphatic rings. The van der Waals surface area contributed by atoms with Crippen molar-refractivity contribution in [3.05, 3.63) is 34.8 Å². The Hall–Kier alpha value is -1.95. The second-order valence-corrected chi connectivity index (χ2v) is 6.57. The minimum absolute atomic E-state index is 0.0915. The Morgan fingerprint density at radius 3 is 2.75 bits per heavy atom. The molecule has 104 valence electrons. The molecule has 2 rings (SSSR count). The summed E-state index contributed by atoms with van der Waals surface area (Å²) < 4.78 is 27.0. The summed E-state index contributed by atoms with van der Waals surface area (Å²) in [5, 5.41) is 8.41. The Bertz CT molecular complexity index is 772. The second kappa shape index (κ2) is 6.00. The van der Waals surface area contributed by atoms with Crippen LogP contribution in [-0.4, -0.2) is 25.2 Å². The van der Waals surface area contributed by atoms with Crippen LogP contribution in [-0.2, 0) is 10.0 Å². The summed E-state index contributed by atoms with van der Waals surface area (Å²) in [6.45, 7) is 1.91. The molecule has 0 bridgehead atoms. The first-order valence-electron chi connectivity index (χ1n) is 5.64. The highest BCUT2D eigenvalue weighted by atomic mass is 32.2. The zero-order valence-electron chi connectivity index (χ0n) is 10.6. The molecule has 3 N–H and O–H groups in total. The average Bonchev–Trinajstić information content (AvgIpc) is 2.81. The highest BCUT2D eigenvalue weighted by Gasteiger charge is 2.19. The molecule has 8 heteroatoms. The maximum Gasteiger partial charge on any atom is 0.264 e. The van der Waals surface area contributed by atoms with Crippen molar-refractivity contribution >= 4 is 26.5 Å². The normalized spacial score (nSPS) is 10.7. The molecule has 0 radical (unpaired) electrons. The van der Waals surface area contributed by atoms with Crippen LogP contribution in [0.5, 0.6) is 0 Å². The first kappa shape index (κ1) is 14.5. The Balaban J connectivity index is 2.39. The van der Waals surface area contributed by atoms with Crippen LogP contribution in [0.4, 0.5) is 5.13 Å². The zero-order valence-corrected chi connectivity index (χ0v) is 12.3. The predicted octanol–water partition coefficient (Wildman–Crippen LogP) is 0.958. The van der Waals surface area contributed by atoms with E-state index in [-0.39, 0.29) is 16.6 Å². The molecule has 0 unspecified atom stereocenters. The van der Waals surface area contributed by atoms with Gasteiger partial charge in [-0.1, -0.05) is 35.3 Å². The van der Waals surface area contributed by atoms with Crippen LogP contribution in [0, 0.1) is 18.8 Å². The lowest BCUT2D eigenvalue weighted by Gasteiger charge is -2.06. The van der Waals surface area contributed by atoms with E-state index in [0.717, 1.165) is 11.3 Å². The maximum absolute atomic E-state index is 12.3. The van der Waals surface area contributed by atoms with Crippen molar-refractivity contribution in [2.24, 2.45) is 5.73 Å². The Labute approximate surface area is 121 Å². The zero-order chi connectivity index (χ0) is 14.6. The standard InChI is InChI=1S/C12H12N4O2S2/c1-9-14-15-12(19-9)16-20(17,18)11-7-3-2-5-10(11)6-4-8-13/h2-3,5,7H,8,13H2,1H3,(H,15,16). The van der Waals surface area contributed by atoms with Gasteiger partial charge >= 0.3 is 0 Å². The van der Waals surface area contributed by atoms with Gasteiger partial charge in [0.25, 0.3) is 10.0 Å². The number of benzene rings is 1. The van der Waals surface area contributed by atoms with E-state index in [1.54, 1.807) is 25.1 Å². The number of hydrogen-bond donors (Lipinski definition) is 2. The lowest BCUT2D eigenvalue weighted by Crippen LogP contribution is -2.14. The Kier molecular flexibility index (Phi) is 4.34. The number of anilines is 1. The van der Waals surface area contributed by atoms with Crippen molar-refractivity contribution in [1.82, 2.24) is 10.2 Å². The van der Waals surface area contributed by atoms with Crippen molar-refractivity contribution in [3.63, 3.8) is 0 Å². The lowest BCUT2D eigenvalue weighted by atomic mass is 10.2. The van der Waals surface area contributed by atoms with Gasteiger partial charge in [-0.05, 0) is 19.1 Å². The third-order valence-electron chi connectivity index (χ3n) is 2.25. The molecular weight excluding hydrogens is 296 g/mol. The molecule has 0 aliphatic carbocycles. The van der Waals surface area contributed by atoms with Gasteiger partial charge < -0.3 is 5.73 Å². The highest BCUT2D eigenvalue weighted by Crippen LogP contribution is 2.21. The molecule has 1 aromatic heterocycles. The van der Waals surface area contributed by atoms with Gasteiger partial charge in [0, 0.05) is 5.56 Å². The van der Waals surface area contributed by atoms with Crippen molar-refractivity contribution in [1.29, 1.82) is 0 Å². The first-order chi connectivity index (χ1) is 9.53. The molecular formula is C12H12N4O2S2. The lowest BCUT2D eigenvalue weighted by molar-refractivity contribution is 0.601. The SMILES string of the molecule is Cc1nnc(NS(=O)(=O)c2ccccc2C#CCN)s1. The number of nitrogens with zero attached hydrogens (tertiary/aromatic N) is 2. The van der Waals surface area contributed by atoms with E-state index in [0.29, 0.717) is 10.6 Å². The largest absolute Gasteiger partial charge is 0.320 e. The first-order valence-corrected chi connectivity index (χ1v) is 7.94. The van der Waals surface area contributed by atoms with Crippen molar-refractivity contribution in [2.75, 3.05) is 11.3 Å². The Morgan fingerprint density at radius 2 is 2.10 bits per heavy atom. The van der Waals surface area contributed by atoms with E-state index in [4.69, 9.17) is 5.73 Å². The summed E-state index contributed by atoms with van der Waals surface area (Å²) in [4.78, 5) is 0.0915. The van der Waals surface area contributed by atoms with Gasteiger partial charge in [-0.15, -0.1) is 10.2 Å². The van der Waals surface area contributed by atoms with E-state index >= 15 is 0 Å². The third kappa shape index (κ3) is 3.33. The van der Waals surface area contributed by atoms with Gasteiger partial charge in [-0.25, -0.2) is 8.42 Å². The summed E-state index contributed by atoms with van der Waals surface area (Å²) in [5.41, 5.74) is 5.70. The molecule has 0 atom stereocenters. The van der Waals surface area contributed by atoms with Gasteiger partial charge in [0.05, 0.1) is 6.54 Å². The minimum Gasteiger partial charge on any atom is -0.320 e. The molecule has 0 spiro atoms. The van der Waals surface area contributed by atoms with E-state index in [9.17, 15) is 8.42 Å². The minimum atomic E-state index is -3.75.